The topological polar surface area (TPSA) is 66.4 Å². The van der Waals surface area contributed by atoms with Crippen LogP contribution >= 0.6 is 0 Å². The van der Waals surface area contributed by atoms with Crippen molar-refractivity contribution in [1.29, 1.82) is 0 Å². The van der Waals surface area contributed by atoms with Gasteiger partial charge in [-0.05, 0) is 30.9 Å². The Morgan fingerprint density at radius 3 is 2.05 bits per heavy atom. The number of carbonyl (C=O) groups is 2. The van der Waals surface area contributed by atoms with Crippen LogP contribution in [0.2, 0.25) is 0 Å². The first-order valence-electron chi connectivity index (χ1n) is 6.21. The molecule has 2 N–H and O–H groups in total. The van der Waals surface area contributed by atoms with E-state index in [1.807, 2.05) is 32.9 Å². The molecule has 0 aliphatic carbocycles. The third kappa shape index (κ3) is 3.56. The van der Waals surface area contributed by atoms with Crippen LogP contribution in [0, 0.1) is 0 Å². The summed E-state index contributed by atoms with van der Waals surface area (Å²) in [6, 6.07) is 7.26. The fourth-order valence-electron chi connectivity index (χ4n) is 1.74. The van der Waals surface area contributed by atoms with Crippen molar-refractivity contribution in [2.24, 2.45) is 0 Å². The highest BCUT2D eigenvalue weighted by Gasteiger charge is 2.31. The second kappa shape index (κ2) is 5.03. The predicted molar refractivity (Wildman–Crippen MR) is 74.3 cm³/mol. The number of aliphatic carboxylic acids is 1. The Kier molecular flexibility index (Phi) is 4.03. The van der Waals surface area contributed by atoms with Crippen LogP contribution in [0.1, 0.15) is 50.5 Å². The smallest absolute Gasteiger partial charge is 0.328 e. The Morgan fingerprint density at radius 2 is 1.58 bits per heavy atom. The Balaban J connectivity index is 3.12. The zero-order chi connectivity index (χ0) is 14.8. The summed E-state index contributed by atoms with van der Waals surface area (Å²) in [5.74, 6) is -1.42. The summed E-state index contributed by atoms with van der Waals surface area (Å²) >= 11 is 0. The second-order valence-electron chi connectivity index (χ2n) is 6.18. The standard InChI is InChI=1S/C15H21NO3/c1-14(2,3)11-9-7-6-8-10(11)12(17)16-15(4,5)13(18)19/h6-9H,1-5H3,(H,16,17)(H,18,19). The molecule has 1 rings (SSSR count). The van der Waals surface area contributed by atoms with E-state index in [0.717, 1.165) is 5.56 Å². The van der Waals surface area contributed by atoms with E-state index in [4.69, 9.17) is 5.11 Å². The van der Waals surface area contributed by atoms with Gasteiger partial charge in [0, 0.05) is 5.56 Å². The summed E-state index contributed by atoms with van der Waals surface area (Å²) in [6.45, 7) is 8.98. The molecular weight excluding hydrogens is 242 g/mol. The van der Waals surface area contributed by atoms with E-state index < -0.39 is 11.5 Å². The van der Waals surface area contributed by atoms with Crippen LogP contribution in [0.4, 0.5) is 0 Å². The average molecular weight is 263 g/mol. The van der Waals surface area contributed by atoms with Crippen LogP contribution in [-0.4, -0.2) is 22.5 Å². The van der Waals surface area contributed by atoms with Crippen LogP contribution < -0.4 is 5.32 Å². The van der Waals surface area contributed by atoms with Gasteiger partial charge < -0.3 is 10.4 Å². The Labute approximate surface area is 113 Å². The number of carbonyl (C=O) groups excluding carboxylic acids is 1. The molecule has 0 atom stereocenters. The molecule has 0 spiro atoms. The lowest BCUT2D eigenvalue weighted by molar-refractivity contribution is -0.143. The van der Waals surface area contributed by atoms with E-state index in [-0.39, 0.29) is 11.3 Å². The summed E-state index contributed by atoms with van der Waals surface area (Å²) < 4.78 is 0. The number of carboxylic acids is 1. The van der Waals surface area contributed by atoms with E-state index in [1.54, 1.807) is 12.1 Å². The van der Waals surface area contributed by atoms with Gasteiger partial charge in [0.15, 0.2) is 0 Å². The van der Waals surface area contributed by atoms with Crippen molar-refractivity contribution in [2.45, 2.75) is 45.6 Å². The highest BCUT2D eigenvalue weighted by molar-refractivity contribution is 5.99. The third-order valence-electron chi connectivity index (χ3n) is 2.94. The van der Waals surface area contributed by atoms with Crippen LogP contribution in [0.5, 0.6) is 0 Å². The average Bonchev–Trinajstić information content (AvgIpc) is 2.27. The Hall–Kier alpha value is -1.84. The van der Waals surface area contributed by atoms with E-state index in [1.165, 1.54) is 13.8 Å². The largest absolute Gasteiger partial charge is 0.480 e. The molecule has 0 fully saturated rings. The summed E-state index contributed by atoms with van der Waals surface area (Å²) in [7, 11) is 0. The maximum absolute atomic E-state index is 12.3. The molecular formula is C15H21NO3. The predicted octanol–water partition coefficient (Wildman–Crippen LogP) is 2.58. The zero-order valence-corrected chi connectivity index (χ0v) is 12.1. The monoisotopic (exact) mass is 263 g/mol. The molecule has 0 bridgehead atoms. The highest BCUT2D eigenvalue weighted by atomic mass is 16.4. The number of benzene rings is 1. The molecule has 0 unspecified atom stereocenters. The van der Waals surface area contributed by atoms with Crippen molar-refractivity contribution >= 4 is 11.9 Å². The van der Waals surface area contributed by atoms with Crippen molar-refractivity contribution < 1.29 is 14.7 Å². The molecule has 0 saturated carbocycles. The maximum atomic E-state index is 12.3. The molecule has 104 valence electrons. The quantitative estimate of drug-likeness (QED) is 0.880. The molecule has 0 radical (unpaired) electrons. The SMILES string of the molecule is CC(C)(NC(=O)c1ccccc1C(C)(C)C)C(=O)O. The fraction of sp³-hybridized carbons (Fsp3) is 0.467. The van der Waals surface area contributed by atoms with Gasteiger partial charge in [-0.2, -0.15) is 0 Å². The normalized spacial score (nSPS) is 12.1. The van der Waals surface area contributed by atoms with Crippen molar-refractivity contribution in [1.82, 2.24) is 5.32 Å². The van der Waals surface area contributed by atoms with Gasteiger partial charge in [-0.1, -0.05) is 39.0 Å². The van der Waals surface area contributed by atoms with E-state index >= 15 is 0 Å². The maximum Gasteiger partial charge on any atom is 0.328 e. The number of carboxylic acid groups (broad SMARTS) is 1. The van der Waals surface area contributed by atoms with Gasteiger partial charge in [-0.3, -0.25) is 4.79 Å². The summed E-state index contributed by atoms with van der Waals surface area (Å²) in [4.78, 5) is 23.3. The number of amides is 1. The first-order valence-corrected chi connectivity index (χ1v) is 6.21. The van der Waals surface area contributed by atoms with E-state index in [0.29, 0.717) is 5.56 Å². The number of hydrogen-bond donors (Lipinski definition) is 2. The minimum Gasteiger partial charge on any atom is -0.480 e. The van der Waals surface area contributed by atoms with Gasteiger partial charge in [0.2, 0.25) is 0 Å². The van der Waals surface area contributed by atoms with Crippen LogP contribution in [0.3, 0.4) is 0 Å². The summed E-state index contributed by atoms with van der Waals surface area (Å²) in [5.41, 5.74) is -0.0540. The van der Waals surface area contributed by atoms with E-state index in [2.05, 4.69) is 5.32 Å². The molecule has 4 heteroatoms. The van der Waals surface area contributed by atoms with Crippen molar-refractivity contribution in [2.75, 3.05) is 0 Å². The molecule has 4 nitrogen and oxygen atoms in total. The Morgan fingerprint density at radius 1 is 1.05 bits per heavy atom. The van der Waals surface area contributed by atoms with Gasteiger partial charge >= 0.3 is 5.97 Å². The van der Waals surface area contributed by atoms with Crippen LogP contribution in [0.25, 0.3) is 0 Å². The fourth-order valence-corrected chi connectivity index (χ4v) is 1.74. The van der Waals surface area contributed by atoms with Crippen LogP contribution in [0.15, 0.2) is 24.3 Å². The lowest BCUT2D eigenvalue weighted by atomic mass is 9.83. The lowest BCUT2D eigenvalue weighted by Gasteiger charge is -2.25. The number of rotatable bonds is 3. The second-order valence-corrected chi connectivity index (χ2v) is 6.18. The first-order chi connectivity index (χ1) is 8.55. The molecule has 0 saturated heterocycles. The third-order valence-corrected chi connectivity index (χ3v) is 2.94. The molecule has 0 aliphatic rings. The first kappa shape index (κ1) is 15.2. The minimum absolute atomic E-state index is 0.179. The van der Waals surface area contributed by atoms with Crippen molar-refractivity contribution in [3.63, 3.8) is 0 Å². The Bertz CT molecular complexity index is 498. The molecule has 0 aliphatic heterocycles. The summed E-state index contributed by atoms with van der Waals surface area (Å²) in [6.07, 6.45) is 0. The minimum atomic E-state index is -1.29. The number of nitrogens with one attached hydrogen (secondary N) is 1. The van der Waals surface area contributed by atoms with Gasteiger partial charge in [-0.15, -0.1) is 0 Å². The molecule has 1 aromatic rings. The number of hydrogen-bond acceptors (Lipinski definition) is 2. The van der Waals surface area contributed by atoms with E-state index in [9.17, 15) is 9.59 Å². The van der Waals surface area contributed by atoms with Gasteiger partial charge in [0.1, 0.15) is 5.54 Å². The molecule has 1 amide bonds. The highest BCUT2D eigenvalue weighted by Crippen LogP contribution is 2.26. The molecule has 0 aromatic heterocycles. The van der Waals surface area contributed by atoms with Crippen molar-refractivity contribution in [3.8, 4) is 0 Å². The summed E-state index contributed by atoms with van der Waals surface area (Å²) in [5, 5.41) is 11.6. The molecule has 0 heterocycles. The van der Waals surface area contributed by atoms with Gasteiger partial charge in [0.25, 0.3) is 5.91 Å². The molecule has 1 aromatic carbocycles. The lowest BCUT2D eigenvalue weighted by Crippen LogP contribution is -2.50. The van der Waals surface area contributed by atoms with Gasteiger partial charge in [-0.25, -0.2) is 4.79 Å². The molecule has 19 heavy (non-hydrogen) atoms. The van der Waals surface area contributed by atoms with Gasteiger partial charge in [0.05, 0.1) is 0 Å². The zero-order valence-electron chi connectivity index (χ0n) is 12.1. The van der Waals surface area contributed by atoms with Crippen molar-refractivity contribution in [3.05, 3.63) is 35.4 Å². The van der Waals surface area contributed by atoms with Crippen LogP contribution in [-0.2, 0) is 10.2 Å².